The highest BCUT2D eigenvalue weighted by molar-refractivity contribution is 5.90. The number of fused-ring (bicyclic) bond motifs is 2. The lowest BCUT2D eigenvalue weighted by atomic mass is 9.95. The molecule has 0 radical (unpaired) electrons. The number of carbonyl (C=O) groups excluding carboxylic acids is 1. The smallest absolute Gasteiger partial charge is 0.237 e. The molecular weight excluding hydrogens is 528 g/mol. The maximum absolute atomic E-state index is 13.4. The van der Waals surface area contributed by atoms with Crippen LogP contribution in [0.2, 0.25) is 0 Å². The summed E-state index contributed by atoms with van der Waals surface area (Å²) in [6.45, 7) is 20.1. The molecule has 1 amide bonds. The van der Waals surface area contributed by atoms with Crippen molar-refractivity contribution in [3.05, 3.63) is 41.3 Å². The summed E-state index contributed by atoms with van der Waals surface area (Å²) in [6.07, 6.45) is 4.56. The highest BCUT2D eigenvalue weighted by Crippen LogP contribution is 2.38. The molecule has 1 atom stereocenters. The average molecular weight is 575 g/mol. The summed E-state index contributed by atoms with van der Waals surface area (Å²) in [5.41, 5.74) is 8.40. The molecule has 1 saturated heterocycles. The number of nitrogens with zero attached hydrogens (tertiary/aromatic N) is 7. The molecule has 0 aromatic carbocycles. The van der Waals surface area contributed by atoms with Crippen molar-refractivity contribution in [1.29, 1.82) is 0 Å². The van der Waals surface area contributed by atoms with Gasteiger partial charge in [0, 0.05) is 55.1 Å². The zero-order valence-corrected chi connectivity index (χ0v) is 26.4. The summed E-state index contributed by atoms with van der Waals surface area (Å²) in [6, 6.07) is 4.27. The number of nitrogens with one attached hydrogen (secondary N) is 1. The van der Waals surface area contributed by atoms with E-state index in [0.29, 0.717) is 19.6 Å². The molecule has 4 aromatic heterocycles. The monoisotopic (exact) mass is 574 g/mol. The molecule has 5 rings (SSSR count). The van der Waals surface area contributed by atoms with Crippen LogP contribution in [0.3, 0.4) is 0 Å². The number of aryl methyl sites for hydroxylation is 1. The lowest BCUT2D eigenvalue weighted by molar-refractivity contribution is -0.136. The van der Waals surface area contributed by atoms with E-state index in [2.05, 4.69) is 98.6 Å². The minimum Gasteiger partial charge on any atom is -0.395 e. The van der Waals surface area contributed by atoms with Gasteiger partial charge < -0.3 is 19.9 Å². The van der Waals surface area contributed by atoms with E-state index >= 15 is 0 Å². The van der Waals surface area contributed by atoms with Crippen molar-refractivity contribution in [3.8, 4) is 11.3 Å². The van der Waals surface area contributed by atoms with Gasteiger partial charge in [-0.15, -0.1) is 0 Å². The first-order chi connectivity index (χ1) is 20.0. The number of hydrogen-bond acceptors (Lipinski definition) is 7. The van der Waals surface area contributed by atoms with E-state index in [-0.39, 0.29) is 30.0 Å². The Morgan fingerprint density at radius 2 is 1.98 bits per heavy atom. The Labute approximate surface area is 248 Å². The topological polar surface area (TPSA) is 106 Å². The second kappa shape index (κ2) is 11.6. The van der Waals surface area contributed by atoms with Gasteiger partial charge in [-0.3, -0.25) is 9.69 Å². The van der Waals surface area contributed by atoms with Crippen molar-refractivity contribution in [2.45, 2.75) is 79.3 Å². The average Bonchev–Trinajstić information content (AvgIpc) is 3.59. The van der Waals surface area contributed by atoms with E-state index in [1.165, 1.54) is 11.1 Å². The molecule has 0 spiro atoms. The summed E-state index contributed by atoms with van der Waals surface area (Å²) in [5, 5.41) is 14.0. The molecule has 4 aromatic rings. The van der Waals surface area contributed by atoms with Gasteiger partial charge >= 0.3 is 0 Å². The molecule has 0 aliphatic carbocycles. The quantitative estimate of drug-likeness (QED) is 0.303. The van der Waals surface area contributed by atoms with Crippen molar-refractivity contribution < 1.29 is 9.90 Å². The third-order valence-corrected chi connectivity index (χ3v) is 9.33. The number of piperazine rings is 1. The van der Waals surface area contributed by atoms with Gasteiger partial charge in [0.25, 0.3) is 0 Å². The summed E-state index contributed by atoms with van der Waals surface area (Å²) < 4.78 is 1.85. The van der Waals surface area contributed by atoms with E-state index in [4.69, 9.17) is 4.98 Å². The Bertz CT molecular complexity index is 1590. The van der Waals surface area contributed by atoms with Crippen molar-refractivity contribution >= 4 is 28.4 Å². The summed E-state index contributed by atoms with van der Waals surface area (Å²) >= 11 is 0. The number of rotatable bonds is 9. The number of aromatic amines is 1. The van der Waals surface area contributed by atoms with E-state index in [9.17, 15) is 9.90 Å². The third-order valence-electron chi connectivity index (χ3n) is 9.33. The minimum atomic E-state index is -0.148. The second-order valence-corrected chi connectivity index (χ2v) is 12.6. The van der Waals surface area contributed by atoms with Crippen LogP contribution >= 0.6 is 0 Å². The number of aromatic nitrogens is 5. The fraction of sp³-hybridized carbons (Fsp3) is 0.562. The Morgan fingerprint density at radius 1 is 1.21 bits per heavy atom. The van der Waals surface area contributed by atoms with E-state index in [0.717, 1.165) is 58.8 Å². The number of aliphatic hydroxyl groups is 1. The van der Waals surface area contributed by atoms with Crippen LogP contribution in [0, 0.1) is 13.8 Å². The van der Waals surface area contributed by atoms with Gasteiger partial charge in [-0.25, -0.2) is 14.5 Å². The number of carbonyl (C=O) groups is 1. The molecular formula is C32H46N8O2. The number of H-pyrrole nitrogens is 1. The molecule has 2 N–H and O–H groups in total. The predicted molar refractivity (Wildman–Crippen MR) is 168 cm³/mol. The van der Waals surface area contributed by atoms with Gasteiger partial charge in [0.2, 0.25) is 5.91 Å². The molecule has 0 saturated carbocycles. The van der Waals surface area contributed by atoms with Crippen LogP contribution in [-0.4, -0.2) is 96.3 Å². The number of amides is 1. The highest BCUT2D eigenvalue weighted by atomic mass is 16.3. The molecule has 1 aliphatic heterocycles. The first-order valence-electron chi connectivity index (χ1n) is 15.2. The molecule has 42 heavy (non-hydrogen) atoms. The Morgan fingerprint density at radius 3 is 2.64 bits per heavy atom. The fourth-order valence-electron chi connectivity index (χ4n) is 6.21. The maximum Gasteiger partial charge on any atom is 0.237 e. The van der Waals surface area contributed by atoms with Crippen LogP contribution in [0.1, 0.15) is 70.6 Å². The lowest BCUT2D eigenvalue weighted by Gasteiger charge is -2.43. The fourth-order valence-corrected chi connectivity index (χ4v) is 6.21. The second-order valence-electron chi connectivity index (χ2n) is 12.6. The lowest BCUT2D eigenvalue weighted by Crippen LogP contribution is -2.58. The number of aliphatic hydroxyl groups excluding tert-OH is 1. The van der Waals surface area contributed by atoms with Gasteiger partial charge in [0.05, 0.1) is 29.9 Å². The maximum atomic E-state index is 13.4. The normalized spacial score (nSPS) is 16.5. The number of β-amino-alcohol motifs (C(OH)–C–C–N with tert-alkyl or cyclic N) is 1. The van der Waals surface area contributed by atoms with E-state index in [1.807, 2.05) is 9.42 Å². The largest absolute Gasteiger partial charge is 0.395 e. The molecule has 1 aliphatic rings. The summed E-state index contributed by atoms with van der Waals surface area (Å²) in [5.74, 6) is 1.31. The van der Waals surface area contributed by atoms with Crippen LogP contribution in [0.15, 0.2) is 24.7 Å². The molecule has 0 unspecified atom stereocenters. The van der Waals surface area contributed by atoms with Crippen molar-refractivity contribution in [2.24, 2.45) is 0 Å². The minimum absolute atomic E-state index is 0.0433. The first-order valence-corrected chi connectivity index (χ1v) is 15.2. The predicted octanol–water partition coefficient (Wildman–Crippen LogP) is 4.53. The van der Waals surface area contributed by atoms with Gasteiger partial charge in [-0.1, -0.05) is 20.8 Å². The standard InChI is InChI=1S/C32H46N8O2/c1-9-32(7,8)38(14-15-41)18-27(42)39-13-12-37(16-21(39)4)26-11-10-25-30(36-26)28(20(2)3)29(35-25)24-17-40-31(33-19-34-40)23(6)22(24)5/h10-11,17,19-21,35,41H,9,12-16,18H2,1-8H3/t21-/m1/s1. The zero-order chi connectivity index (χ0) is 30.3. The number of hydrogen-bond donors (Lipinski definition) is 2. The van der Waals surface area contributed by atoms with E-state index < -0.39 is 0 Å². The van der Waals surface area contributed by atoms with Gasteiger partial charge in [0.1, 0.15) is 12.1 Å². The number of pyridine rings is 2. The molecule has 10 nitrogen and oxygen atoms in total. The molecule has 5 heterocycles. The van der Waals surface area contributed by atoms with Crippen molar-refractivity contribution in [3.63, 3.8) is 0 Å². The van der Waals surface area contributed by atoms with Crippen LogP contribution in [-0.2, 0) is 4.79 Å². The van der Waals surface area contributed by atoms with Crippen molar-refractivity contribution in [2.75, 3.05) is 44.2 Å². The summed E-state index contributed by atoms with van der Waals surface area (Å²) in [7, 11) is 0. The Balaban J connectivity index is 1.41. The van der Waals surface area contributed by atoms with Gasteiger partial charge in [-0.2, -0.15) is 5.10 Å². The van der Waals surface area contributed by atoms with Gasteiger partial charge in [-0.05, 0) is 70.2 Å². The third kappa shape index (κ3) is 5.38. The van der Waals surface area contributed by atoms with Crippen molar-refractivity contribution in [1.82, 2.24) is 34.4 Å². The van der Waals surface area contributed by atoms with E-state index in [1.54, 1.807) is 6.33 Å². The highest BCUT2D eigenvalue weighted by Gasteiger charge is 2.32. The molecule has 0 bridgehead atoms. The molecule has 1 fully saturated rings. The van der Waals surface area contributed by atoms with Crippen LogP contribution < -0.4 is 4.90 Å². The van der Waals surface area contributed by atoms with Crippen LogP contribution in [0.5, 0.6) is 0 Å². The zero-order valence-electron chi connectivity index (χ0n) is 26.4. The Kier molecular flexibility index (Phi) is 8.31. The Hall–Kier alpha value is -3.50. The number of anilines is 1. The first kappa shape index (κ1) is 30.0. The van der Waals surface area contributed by atoms with Crippen LogP contribution in [0.25, 0.3) is 27.9 Å². The summed E-state index contributed by atoms with van der Waals surface area (Å²) in [4.78, 5) is 33.1. The molecule has 10 heteroatoms. The van der Waals surface area contributed by atoms with Crippen LogP contribution in [0.4, 0.5) is 5.82 Å². The molecule has 226 valence electrons. The SMILES string of the molecule is CCC(C)(C)N(CCO)CC(=O)N1CCN(c2ccc3[nH]c(-c4cn5ncnc5c(C)c4C)c(C(C)C)c3n2)C[C@H]1C. The van der Waals surface area contributed by atoms with Gasteiger partial charge in [0.15, 0.2) is 5.65 Å².